The van der Waals surface area contributed by atoms with E-state index in [2.05, 4.69) is 89.8 Å². The smallest absolute Gasteiger partial charge is 0.299 e. The lowest BCUT2D eigenvalue weighted by atomic mass is 10.1. The summed E-state index contributed by atoms with van der Waals surface area (Å²) in [5, 5.41) is 0. The third-order valence-corrected chi connectivity index (χ3v) is 6.74. The van der Waals surface area contributed by atoms with Crippen LogP contribution < -0.4 is 4.57 Å². The van der Waals surface area contributed by atoms with Gasteiger partial charge in [-0.3, -0.25) is 0 Å². The largest absolute Gasteiger partial charge is 0.439 e. The Morgan fingerprint density at radius 1 is 0.935 bits per heavy atom. The molecule has 0 N–H and O–H groups in total. The van der Waals surface area contributed by atoms with Crippen LogP contribution in [0.25, 0.3) is 39.2 Å². The minimum absolute atomic E-state index is 0.453. The molecule has 0 radical (unpaired) electrons. The van der Waals surface area contributed by atoms with Gasteiger partial charge in [0.25, 0.3) is 5.82 Å². The number of oxazole rings is 1. The van der Waals surface area contributed by atoms with E-state index in [1.165, 1.54) is 42.3 Å². The van der Waals surface area contributed by atoms with Crippen LogP contribution >= 0.6 is 0 Å². The second-order valence-corrected chi connectivity index (χ2v) is 8.68. The minimum atomic E-state index is 0.453. The maximum absolute atomic E-state index is 6.52. The molecule has 4 heteroatoms. The molecule has 6 rings (SSSR count). The summed E-state index contributed by atoms with van der Waals surface area (Å²) in [4.78, 5) is 4.92. The van der Waals surface area contributed by atoms with Crippen molar-refractivity contribution in [1.29, 1.82) is 0 Å². The molecule has 3 aromatic carbocycles. The van der Waals surface area contributed by atoms with E-state index in [9.17, 15) is 0 Å². The van der Waals surface area contributed by atoms with Crippen molar-refractivity contribution in [3.05, 3.63) is 78.2 Å². The maximum Gasteiger partial charge on any atom is 0.299 e. The van der Waals surface area contributed by atoms with Crippen molar-refractivity contribution < 1.29 is 8.98 Å². The normalized spacial score (nSPS) is 14.8. The van der Waals surface area contributed by atoms with Crippen LogP contribution in [-0.2, 0) is 7.05 Å². The van der Waals surface area contributed by atoms with Gasteiger partial charge in [0.15, 0.2) is 22.5 Å². The monoisotopic (exact) mass is 408 g/mol. The lowest BCUT2D eigenvalue weighted by Crippen LogP contribution is -2.30. The molecule has 31 heavy (non-hydrogen) atoms. The molecule has 0 unspecified atom stereocenters. The van der Waals surface area contributed by atoms with Crippen molar-refractivity contribution in [2.24, 2.45) is 7.05 Å². The predicted molar refractivity (Wildman–Crippen MR) is 123 cm³/mol. The SMILES string of the molecule is Cc1ccc2nc(C3CCCC3)oc2c1-c1n(-c2ccccc2)c2ccccc2[n+]1C. The summed E-state index contributed by atoms with van der Waals surface area (Å²) in [7, 11) is 2.14. The molecule has 1 fully saturated rings. The second-order valence-electron chi connectivity index (χ2n) is 8.68. The molecule has 2 heterocycles. The van der Waals surface area contributed by atoms with Gasteiger partial charge in [0.2, 0.25) is 0 Å². The number of hydrogen-bond acceptors (Lipinski definition) is 2. The van der Waals surface area contributed by atoms with Crippen LogP contribution in [0, 0.1) is 6.92 Å². The Labute approximate surface area is 181 Å². The van der Waals surface area contributed by atoms with Crippen LogP contribution in [0.2, 0.25) is 0 Å². The molecule has 2 aromatic heterocycles. The molecule has 0 bridgehead atoms. The fraction of sp³-hybridized carbons (Fsp3) is 0.259. The standard InChI is InChI=1S/C27H26N3O/c1-18-16-17-21-25(31-26(28-21)19-10-6-7-11-19)24(18)27-29(2)22-14-8-9-15-23(22)30(27)20-12-4-3-5-13-20/h3-5,8-9,12-17,19H,6-7,10-11H2,1-2H3/q+1. The van der Waals surface area contributed by atoms with Gasteiger partial charge in [-0.2, -0.15) is 4.57 Å². The minimum Gasteiger partial charge on any atom is -0.439 e. The van der Waals surface area contributed by atoms with E-state index in [0.29, 0.717) is 5.92 Å². The molecule has 0 atom stereocenters. The van der Waals surface area contributed by atoms with E-state index in [0.717, 1.165) is 34.1 Å². The zero-order chi connectivity index (χ0) is 20.9. The summed E-state index contributed by atoms with van der Waals surface area (Å²) in [5.41, 5.74) is 7.67. The Morgan fingerprint density at radius 3 is 2.48 bits per heavy atom. The topological polar surface area (TPSA) is 34.8 Å². The van der Waals surface area contributed by atoms with Gasteiger partial charge < -0.3 is 4.42 Å². The fourth-order valence-electron chi connectivity index (χ4n) is 5.17. The van der Waals surface area contributed by atoms with Gasteiger partial charge in [-0.1, -0.05) is 49.2 Å². The summed E-state index contributed by atoms with van der Waals surface area (Å²) in [5.74, 6) is 2.48. The van der Waals surface area contributed by atoms with Crippen LogP contribution in [0.4, 0.5) is 0 Å². The molecule has 1 aliphatic rings. The van der Waals surface area contributed by atoms with E-state index in [-0.39, 0.29) is 0 Å². The fourth-order valence-corrected chi connectivity index (χ4v) is 5.17. The molecular weight excluding hydrogens is 382 g/mol. The summed E-state index contributed by atoms with van der Waals surface area (Å²) in [6.45, 7) is 2.17. The number of rotatable bonds is 3. The highest BCUT2D eigenvalue weighted by Crippen LogP contribution is 2.39. The van der Waals surface area contributed by atoms with Crippen molar-refractivity contribution in [1.82, 2.24) is 9.55 Å². The van der Waals surface area contributed by atoms with Gasteiger partial charge in [0.05, 0.1) is 7.05 Å². The average Bonchev–Trinajstić information content (AvgIpc) is 3.53. The lowest BCUT2D eigenvalue weighted by Gasteiger charge is -2.07. The molecule has 0 saturated heterocycles. The Morgan fingerprint density at radius 2 is 1.68 bits per heavy atom. The molecule has 1 aliphatic carbocycles. The molecule has 0 spiro atoms. The van der Waals surface area contributed by atoms with E-state index in [1.54, 1.807) is 0 Å². The van der Waals surface area contributed by atoms with Gasteiger partial charge in [-0.25, -0.2) is 9.55 Å². The third kappa shape index (κ3) is 2.82. The highest BCUT2D eigenvalue weighted by Gasteiger charge is 2.31. The average molecular weight is 409 g/mol. The van der Waals surface area contributed by atoms with Crippen molar-refractivity contribution in [3.8, 4) is 17.1 Å². The molecule has 5 aromatic rings. The number of nitrogens with zero attached hydrogens (tertiary/aromatic N) is 3. The summed E-state index contributed by atoms with van der Waals surface area (Å²) in [6, 6.07) is 23.4. The third-order valence-electron chi connectivity index (χ3n) is 6.74. The summed E-state index contributed by atoms with van der Waals surface area (Å²) in [6.07, 6.45) is 4.90. The van der Waals surface area contributed by atoms with E-state index in [4.69, 9.17) is 9.40 Å². The summed E-state index contributed by atoms with van der Waals surface area (Å²) >= 11 is 0. The molecule has 0 aliphatic heterocycles. The number of fused-ring (bicyclic) bond motifs is 2. The molecule has 154 valence electrons. The Kier molecular flexibility index (Phi) is 4.20. The molecule has 1 saturated carbocycles. The quantitative estimate of drug-likeness (QED) is 0.332. The number of para-hydroxylation sites is 3. The van der Waals surface area contributed by atoms with E-state index in [1.807, 2.05) is 0 Å². The van der Waals surface area contributed by atoms with Gasteiger partial charge in [0, 0.05) is 5.92 Å². The molecule has 4 nitrogen and oxygen atoms in total. The number of aromatic nitrogens is 3. The van der Waals surface area contributed by atoms with Crippen LogP contribution in [0.15, 0.2) is 71.1 Å². The maximum atomic E-state index is 6.52. The van der Waals surface area contributed by atoms with Gasteiger partial charge >= 0.3 is 0 Å². The van der Waals surface area contributed by atoms with E-state index < -0.39 is 0 Å². The number of hydrogen-bond donors (Lipinski definition) is 0. The number of aryl methyl sites for hydroxylation is 2. The van der Waals surface area contributed by atoms with Gasteiger partial charge in [-0.05, 0) is 55.7 Å². The first-order valence-corrected chi connectivity index (χ1v) is 11.2. The second kappa shape index (κ2) is 7.09. The predicted octanol–water partition coefficient (Wildman–Crippen LogP) is 6.23. The van der Waals surface area contributed by atoms with Crippen molar-refractivity contribution >= 4 is 22.1 Å². The van der Waals surface area contributed by atoms with Crippen LogP contribution in [0.5, 0.6) is 0 Å². The first-order valence-electron chi connectivity index (χ1n) is 11.2. The first kappa shape index (κ1) is 18.4. The first-order chi connectivity index (χ1) is 15.2. The number of imidazole rings is 1. The highest BCUT2D eigenvalue weighted by atomic mass is 16.3. The van der Waals surface area contributed by atoms with Crippen LogP contribution in [0.1, 0.15) is 43.1 Å². The summed E-state index contributed by atoms with van der Waals surface area (Å²) < 4.78 is 11.1. The van der Waals surface area contributed by atoms with Crippen molar-refractivity contribution in [2.45, 2.75) is 38.5 Å². The van der Waals surface area contributed by atoms with Gasteiger partial charge in [0.1, 0.15) is 16.8 Å². The number of benzene rings is 3. The lowest BCUT2D eigenvalue weighted by molar-refractivity contribution is -0.633. The van der Waals surface area contributed by atoms with Crippen molar-refractivity contribution in [2.75, 3.05) is 0 Å². The van der Waals surface area contributed by atoms with Crippen molar-refractivity contribution in [3.63, 3.8) is 0 Å². The van der Waals surface area contributed by atoms with E-state index >= 15 is 0 Å². The molecule has 0 amide bonds. The Bertz CT molecular complexity index is 1410. The Balaban J connectivity index is 1.69. The van der Waals surface area contributed by atoms with Gasteiger partial charge in [-0.15, -0.1) is 0 Å². The Hall–Kier alpha value is -3.40. The highest BCUT2D eigenvalue weighted by molar-refractivity contribution is 5.92. The molecular formula is C27H26N3O+. The van der Waals surface area contributed by atoms with Crippen LogP contribution in [0.3, 0.4) is 0 Å². The van der Waals surface area contributed by atoms with Crippen LogP contribution in [-0.4, -0.2) is 9.55 Å². The zero-order valence-electron chi connectivity index (χ0n) is 18.0. The zero-order valence-corrected chi connectivity index (χ0v) is 18.0.